The summed E-state index contributed by atoms with van der Waals surface area (Å²) in [5, 5.41) is 14.0. The Morgan fingerprint density at radius 2 is 2.03 bits per heavy atom. The summed E-state index contributed by atoms with van der Waals surface area (Å²) in [6.45, 7) is 0.758. The zero-order valence-electron chi connectivity index (χ0n) is 16.8. The fourth-order valence-corrected chi connectivity index (χ4v) is 4.68. The van der Waals surface area contributed by atoms with Crippen molar-refractivity contribution in [2.75, 3.05) is 0 Å². The average Bonchev–Trinajstić information content (AvgIpc) is 3.41. The summed E-state index contributed by atoms with van der Waals surface area (Å²) in [7, 11) is 0. The Bertz CT molecular complexity index is 1380. The molecule has 0 spiro atoms. The molecule has 4 aromatic rings. The van der Waals surface area contributed by atoms with Crippen molar-refractivity contribution < 1.29 is 32.3 Å². The fraction of sp³-hybridized carbons (Fsp3) is 0.227. The third kappa shape index (κ3) is 4.32. The molecular formula is C22H15BrF3N3O4. The number of ether oxygens (including phenoxy) is 1. The number of rotatable bonds is 5. The number of halogens is 4. The minimum atomic E-state index is -4.82. The first-order valence-corrected chi connectivity index (χ1v) is 10.7. The normalized spacial score (nSPS) is 15.7. The highest BCUT2D eigenvalue weighted by atomic mass is 79.9. The lowest BCUT2D eigenvalue weighted by Crippen LogP contribution is -2.17. The number of aromatic nitrogens is 3. The summed E-state index contributed by atoms with van der Waals surface area (Å²) in [6, 6.07) is 11.5. The van der Waals surface area contributed by atoms with E-state index in [1.165, 1.54) is 12.1 Å². The number of carbonyl (C=O) groups is 1. The van der Waals surface area contributed by atoms with Gasteiger partial charge >= 0.3 is 12.3 Å². The molecule has 1 aliphatic heterocycles. The molecular weight excluding hydrogens is 507 g/mol. The molecule has 1 aliphatic rings. The van der Waals surface area contributed by atoms with Crippen LogP contribution < -0.4 is 4.74 Å². The number of carboxylic acids is 1. The molecule has 2 aromatic carbocycles. The molecule has 0 radical (unpaired) electrons. The van der Waals surface area contributed by atoms with Crippen LogP contribution in [0, 0.1) is 0 Å². The Morgan fingerprint density at radius 3 is 2.79 bits per heavy atom. The van der Waals surface area contributed by atoms with Crippen molar-refractivity contribution in [1.29, 1.82) is 0 Å². The molecule has 0 fully saturated rings. The van der Waals surface area contributed by atoms with E-state index in [1.54, 1.807) is 6.07 Å². The SMILES string of the molecule is O=C(O)CC1CCn2c1cc1cc(-c3noc(-c4cc(Br)cc(OC(F)(F)F)c4)n3)ccc12. The number of fused-ring (bicyclic) bond motifs is 3. The van der Waals surface area contributed by atoms with Crippen LogP contribution >= 0.6 is 15.9 Å². The fourth-order valence-electron chi connectivity index (χ4n) is 4.21. The zero-order valence-corrected chi connectivity index (χ0v) is 18.4. The van der Waals surface area contributed by atoms with Crippen LogP contribution in [-0.2, 0) is 11.3 Å². The molecule has 3 heterocycles. The first-order chi connectivity index (χ1) is 15.7. The van der Waals surface area contributed by atoms with E-state index < -0.39 is 18.1 Å². The Balaban J connectivity index is 1.46. The van der Waals surface area contributed by atoms with Gasteiger partial charge in [0.25, 0.3) is 5.89 Å². The van der Waals surface area contributed by atoms with Gasteiger partial charge in [-0.3, -0.25) is 4.79 Å². The molecule has 2 aromatic heterocycles. The lowest BCUT2D eigenvalue weighted by atomic mass is 10.0. The van der Waals surface area contributed by atoms with E-state index in [9.17, 15) is 18.0 Å². The molecule has 7 nitrogen and oxygen atoms in total. The molecule has 1 atom stereocenters. The Labute approximate surface area is 192 Å². The number of benzene rings is 2. The minimum absolute atomic E-state index is 0.0280. The molecule has 0 aliphatic carbocycles. The third-order valence-corrected chi connectivity index (χ3v) is 5.97. The summed E-state index contributed by atoms with van der Waals surface area (Å²) in [5.74, 6) is -0.944. The van der Waals surface area contributed by atoms with Crippen LogP contribution in [0.15, 0.2) is 51.5 Å². The second kappa shape index (κ2) is 7.91. The monoisotopic (exact) mass is 521 g/mol. The maximum absolute atomic E-state index is 12.6. The van der Waals surface area contributed by atoms with E-state index in [2.05, 4.69) is 35.4 Å². The Morgan fingerprint density at radius 1 is 1.21 bits per heavy atom. The first kappa shape index (κ1) is 21.5. The van der Waals surface area contributed by atoms with E-state index in [4.69, 9.17) is 9.63 Å². The number of aryl methyl sites for hydroxylation is 1. The van der Waals surface area contributed by atoms with Gasteiger partial charge in [0.1, 0.15) is 5.75 Å². The molecule has 0 amide bonds. The minimum Gasteiger partial charge on any atom is -0.481 e. The number of alkyl halides is 3. The van der Waals surface area contributed by atoms with Gasteiger partial charge in [0.15, 0.2) is 0 Å². The summed E-state index contributed by atoms with van der Waals surface area (Å²) < 4.78 is 49.5. The molecule has 5 rings (SSSR count). The predicted octanol–water partition coefficient (Wildman–Crippen LogP) is 5.98. The highest BCUT2D eigenvalue weighted by Gasteiger charge is 2.31. The first-order valence-electron chi connectivity index (χ1n) is 9.92. The van der Waals surface area contributed by atoms with Crippen molar-refractivity contribution in [2.45, 2.75) is 31.7 Å². The van der Waals surface area contributed by atoms with Gasteiger partial charge in [0, 0.05) is 44.7 Å². The van der Waals surface area contributed by atoms with Gasteiger partial charge in [0.05, 0.1) is 6.42 Å². The summed E-state index contributed by atoms with van der Waals surface area (Å²) >= 11 is 3.16. The molecule has 1 N–H and O–H groups in total. The highest BCUT2D eigenvalue weighted by molar-refractivity contribution is 9.10. The third-order valence-electron chi connectivity index (χ3n) is 5.51. The van der Waals surface area contributed by atoms with Crippen molar-refractivity contribution in [3.05, 3.63) is 52.6 Å². The second-order valence-electron chi connectivity index (χ2n) is 7.72. The van der Waals surface area contributed by atoms with Gasteiger partial charge in [0.2, 0.25) is 5.82 Å². The number of hydrogen-bond donors (Lipinski definition) is 1. The molecule has 11 heteroatoms. The van der Waals surface area contributed by atoms with Gasteiger partial charge in [-0.15, -0.1) is 13.2 Å². The van der Waals surface area contributed by atoms with Crippen LogP contribution in [0.4, 0.5) is 13.2 Å². The lowest BCUT2D eigenvalue weighted by Gasteiger charge is -2.09. The van der Waals surface area contributed by atoms with E-state index in [0.29, 0.717) is 10.0 Å². The largest absolute Gasteiger partial charge is 0.573 e. The smallest absolute Gasteiger partial charge is 0.481 e. The standard InChI is InChI=1S/C22H15BrF3N3O4/c23-15-6-14(7-16(10-15)32-22(24,25)26)21-27-20(28-33-21)12-1-2-17-13(5-12)8-18-11(9-19(30)31)3-4-29(17)18/h1-2,5-8,10-11H,3-4,9H2,(H,30,31). The summed E-state index contributed by atoms with van der Waals surface area (Å²) in [5.41, 5.74) is 2.91. The summed E-state index contributed by atoms with van der Waals surface area (Å²) in [4.78, 5) is 15.5. The molecule has 0 bridgehead atoms. The van der Waals surface area contributed by atoms with Crippen molar-refractivity contribution in [3.8, 4) is 28.6 Å². The molecule has 0 saturated carbocycles. The number of carboxylic acid groups (broad SMARTS) is 1. The van der Waals surface area contributed by atoms with Gasteiger partial charge in [-0.2, -0.15) is 4.98 Å². The molecule has 1 unspecified atom stereocenters. The Hall–Kier alpha value is -3.34. The number of aliphatic carboxylic acids is 1. The second-order valence-corrected chi connectivity index (χ2v) is 8.64. The molecule has 170 valence electrons. The lowest BCUT2D eigenvalue weighted by molar-refractivity contribution is -0.274. The van der Waals surface area contributed by atoms with Gasteiger partial charge in [-0.05, 0) is 48.9 Å². The number of nitrogens with zero attached hydrogens (tertiary/aromatic N) is 3. The maximum atomic E-state index is 12.6. The van der Waals surface area contributed by atoms with Crippen molar-refractivity contribution >= 4 is 32.8 Å². The van der Waals surface area contributed by atoms with E-state index in [-0.39, 0.29) is 29.6 Å². The van der Waals surface area contributed by atoms with Crippen LogP contribution in [-0.4, -0.2) is 32.1 Å². The molecule has 33 heavy (non-hydrogen) atoms. The van der Waals surface area contributed by atoms with E-state index in [1.807, 2.05) is 24.3 Å². The Kier molecular flexibility index (Phi) is 5.15. The predicted molar refractivity (Wildman–Crippen MR) is 115 cm³/mol. The van der Waals surface area contributed by atoms with Crippen molar-refractivity contribution in [3.63, 3.8) is 0 Å². The van der Waals surface area contributed by atoms with Crippen LogP contribution in [0.25, 0.3) is 33.7 Å². The van der Waals surface area contributed by atoms with Crippen molar-refractivity contribution in [2.24, 2.45) is 0 Å². The maximum Gasteiger partial charge on any atom is 0.573 e. The van der Waals surface area contributed by atoms with E-state index >= 15 is 0 Å². The van der Waals surface area contributed by atoms with Crippen LogP contribution in [0.1, 0.15) is 24.5 Å². The average molecular weight is 522 g/mol. The topological polar surface area (TPSA) is 90.4 Å². The number of hydrogen-bond acceptors (Lipinski definition) is 5. The van der Waals surface area contributed by atoms with Gasteiger partial charge < -0.3 is 18.9 Å². The molecule has 0 saturated heterocycles. The van der Waals surface area contributed by atoms with Crippen LogP contribution in [0.2, 0.25) is 0 Å². The van der Waals surface area contributed by atoms with E-state index in [0.717, 1.165) is 29.6 Å². The van der Waals surface area contributed by atoms with Crippen LogP contribution in [0.3, 0.4) is 0 Å². The van der Waals surface area contributed by atoms with Gasteiger partial charge in [-0.25, -0.2) is 0 Å². The quantitative estimate of drug-likeness (QED) is 0.347. The van der Waals surface area contributed by atoms with Crippen molar-refractivity contribution in [1.82, 2.24) is 14.7 Å². The van der Waals surface area contributed by atoms with Gasteiger partial charge in [-0.1, -0.05) is 21.1 Å². The summed E-state index contributed by atoms with van der Waals surface area (Å²) in [6.07, 6.45) is -3.95. The highest BCUT2D eigenvalue weighted by Crippen LogP contribution is 2.38. The van der Waals surface area contributed by atoms with Crippen LogP contribution in [0.5, 0.6) is 5.75 Å². The zero-order chi connectivity index (χ0) is 23.3.